The number of nitrogens with zero attached hydrogens (tertiary/aromatic N) is 4. The van der Waals surface area contributed by atoms with Gasteiger partial charge in [-0.3, -0.25) is 0 Å². The van der Waals surface area contributed by atoms with Gasteiger partial charge in [0.1, 0.15) is 12.1 Å². The van der Waals surface area contributed by atoms with Crippen LogP contribution in [0.15, 0.2) is 65.1 Å². The molecule has 2 aromatic carbocycles. The highest BCUT2D eigenvalue weighted by Crippen LogP contribution is 2.22. The Kier molecular flexibility index (Phi) is 5.51. The maximum atomic E-state index is 5.90. The average molecular weight is 359 g/mol. The molecule has 0 bridgehead atoms. The van der Waals surface area contributed by atoms with Gasteiger partial charge >= 0.3 is 0 Å². The first-order valence-electron chi connectivity index (χ1n) is 7.21. The largest absolute Gasteiger partial charge is 0.496 e. The molecule has 24 heavy (non-hydrogen) atoms. The molecule has 3 rings (SSSR count). The van der Waals surface area contributed by atoms with Crippen molar-refractivity contribution in [1.29, 1.82) is 0 Å². The van der Waals surface area contributed by atoms with Crippen molar-refractivity contribution in [2.24, 2.45) is 5.10 Å². The molecule has 0 spiro atoms. The van der Waals surface area contributed by atoms with Crippen LogP contribution < -0.4 is 4.74 Å². The number of methoxy groups -OCH3 is 1. The number of halogens is 1. The molecule has 1 heterocycles. The lowest BCUT2D eigenvalue weighted by atomic mass is 10.2. The second-order valence-corrected chi connectivity index (χ2v) is 6.24. The Morgan fingerprint density at radius 3 is 2.79 bits per heavy atom. The van der Waals surface area contributed by atoms with Gasteiger partial charge < -0.3 is 4.74 Å². The number of ether oxygens (including phenoxy) is 1. The van der Waals surface area contributed by atoms with E-state index in [0.29, 0.717) is 0 Å². The molecule has 0 amide bonds. The zero-order valence-corrected chi connectivity index (χ0v) is 14.5. The Balaban J connectivity index is 1.71. The molecule has 122 valence electrons. The van der Waals surface area contributed by atoms with Crippen LogP contribution in [0.5, 0.6) is 5.75 Å². The molecule has 0 radical (unpaired) electrons. The summed E-state index contributed by atoms with van der Waals surface area (Å²) in [5.41, 5.74) is 2.05. The molecule has 0 N–H and O–H groups in total. The van der Waals surface area contributed by atoms with Gasteiger partial charge in [-0.1, -0.05) is 47.6 Å². The minimum Gasteiger partial charge on any atom is -0.496 e. The summed E-state index contributed by atoms with van der Waals surface area (Å²) in [4.78, 5) is 0. The second kappa shape index (κ2) is 7.99. The van der Waals surface area contributed by atoms with Crippen molar-refractivity contribution < 1.29 is 4.74 Å². The second-order valence-electron chi connectivity index (χ2n) is 4.86. The van der Waals surface area contributed by atoms with E-state index in [9.17, 15) is 0 Å². The van der Waals surface area contributed by atoms with E-state index in [1.54, 1.807) is 36.1 Å². The highest BCUT2D eigenvalue weighted by molar-refractivity contribution is 7.98. The number of rotatable bonds is 6. The third-order valence-electron chi connectivity index (χ3n) is 3.24. The molecule has 7 heteroatoms. The highest BCUT2D eigenvalue weighted by atomic mass is 35.5. The zero-order chi connectivity index (χ0) is 16.8. The summed E-state index contributed by atoms with van der Waals surface area (Å²) in [6.45, 7) is 0. The van der Waals surface area contributed by atoms with Crippen LogP contribution in [0.1, 0.15) is 11.1 Å². The molecule has 0 fully saturated rings. The average Bonchev–Trinajstić information content (AvgIpc) is 3.07. The van der Waals surface area contributed by atoms with Crippen LogP contribution in [-0.2, 0) is 5.75 Å². The fourth-order valence-corrected chi connectivity index (χ4v) is 2.97. The monoisotopic (exact) mass is 358 g/mol. The van der Waals surface area contributed by atoms with E-state index in [2.05, 4.69) is 15.3 Å². The molecule has 0 unspecified atom stereocenters. The van der Waals surface area contributed by atoms with Crippen LogP contribution in [0.25, 0.3) is 0 Å². The van der Waals surface area contributed by atoms with Crippen molar-refractivity contribution in [2.45, 2.75) is 10.9 Å². The molecule has 0 saturated heterocycles. The lowest BCUT2D eigenvalue weighted by Crippen LogP contribution is -1.95. The van der Waals surface area contributed by atoms with Crippen molar-refractivity contribution >= 4 is 29.6 Å². The fraction of sp³-hybridized carbons (Fsp3) is 0.118. The first kappa shape index (κ1) is 16.5. The Morgan fingerprint density at radius 2 is 2.00 bits per heavy atom. The quantitative estimate of drug-likeness (QED) is 0.491. The third-order valence-corrected chi connectivity index (χ3v) is 4.50. The molecule has 0 aliphatic carbocycles. The summed E-state index contributed by atoms with van der Waals surface area (Å²) < 4.78 is 6.96. The number of benzene rings is 2. The van der Waals surface area contributed by atoms with Crippen LogP contribution in [0.3, 0.4) is 0 Å². The van der Waals surface area contributed by atoms with Gasteiger partial charge in [-0.15, -0.1) is 10.2 Å². The normalized spacial score (nSPS) is 11.1. The number of hydrogen-bond donors (Lipinski definition) is 0. The van der Waals surface area contributed by atoms with Crippen LogP contribution in [0.2, 0.25) is 5.02 Å². The van der Waals surface area contributed by atoms with Gasteiger partial charge in [0, 0.05) is 16.3 Å². The van der Waals surface area contributed by atoms with E-state index >= 15 is 0 Å². The molecule has 0 aliphatic heterocycles. The van der Waals surface area contributed by atoms with Crippen molar-refractivity contribution in [1.82, 2.24) is 14.9 Å². The minimum atomic E-state index is 0.719. The minimum absolute atomic E-state index is 0.719. The molecule has 0 atom stereocenters. The van der Waals surface area contributed by atoms with Crippen molar-refractivity contribution in [3.05, 3.63) is 71.0 Å². The fourth-order valence-electron chi connectivity index (χ4n) is 2.02. The maximum Gasteiger partial charge on any atom is 0.212 e. The number of para-hydroxylation sites is 1. The topological polar surface area (TPSA) is 52.3 Å². The predicted octanol–water partition coefficient (Wildman–Crippen LogP) is 4.11. The number of thioether (sulfide) groups is 1. The van der Waals surface area contributed by atoms with Crippen LogP contribution in [-0.4, -0.2) is 28.2 Å². The van der Waals surface area contributed by atoms with Gasteiger partial charge in [0.2, 0.25) is 5.16 Å². The van der Waals surface area contributed by atoms with Gasteiger partial charge in [-0.05, 0) is 29.8 Å². The third kappa shape index (κ3) is 4.15. The first-order valence-corrected chi connectivity index (χ1v) is 8.57. The molecule has 5 nitrogen and oxygen atoms in total. The Bertz CT molecular complexity index is 833. The van der Waals surface area contributed by atoms with E-state index in [-0.39, 0.29) is 0 Å². The van der Waals surface area contributed by atoms with E-state index in [0.717, 1.165) is 32.8 Å². The van der Waals surface area contributed by atoms with Crippen molar-refractivity contribution in [3.8, 4) is 5.75 Å². The van der Waals surface area contributed by atoms with E-state index < -0.39 is 0 Å². The predicted molar refractivity (Wildman–Crippen MR) is 97.0 cm³/mol. The Hall–Kier alpha value is -2.31. The molecular formula is C17H15ClN4OS. The van der Waals surface area contributed by atoms with Gasteiger partial charge in [0.05, 0.1) is 13.3 Å². The van der Waals surface area contributed by atoms with Gasteiger partial charge in [0.15, 0.2) is 0 Å². The molecule has 3 aromatic rings. The van der Waals surface area contributed by atoms with Gasteiger partial charge in [-0.2, -0.15) is 9.78 Å². The van der Waals surface area contributed by atoms with Gasteiger partial charge in [-0.25, -0.2) is 0 Å². The van der Waals surface area contributed by atoms with E-state index in [1.807, 2.05) is 48.5 Å². The summed E-state index contributed by atoms with van der Waals surface area (Å²) in [7, 11) is 1.64. The molecule has 0 aliphatic rings. The Labute approximate surface area is 149 Å². The summed E-state index contributed by atoms with van der Waals surface area (Å²) in [6.07, 6.45) is 3.31. The zero-order valence-electron chi connectivity index (χ0n) is 13.0. The molecule has 0 saturated carbocycles. The standard InChI is InChI=1S/C17H15ClN4OS/c1-23-16-5-3-2-4-14(16)10-20-22-12-19-21-17(22)24-11-13-6-8-15(18)9-7-13/h2-10,12H,11H2,1H3/b20-10+. The molecular weight excluding hydrogens is 344 g/mol. The number of hydrogen-bond acceptors (Lipinski definition) is 5. The lowest BCUT2D eigenvalue weighted by molar-refractivity contribution is 0.414. The van der Waals surface area contributed by atoms with Crippen LogP contribution in [0.4, 0.5) is 0 Å². The van der Waals surface area contributed by atoms with E-state index in [1.165, 1.54) is 0 Å². The maximum absolute atomic E-state index is 5.90. The molecule has 1 aromatic heterocycles. The SMILES string of the molecule is COc1ccccc1/C=N/n1cnnc1SCc1ccc(Cl)cc1. The van der Waals surface area contributed by atoms with Crippen LogP contribution >= 0.6 is 23.4 Å². The highest BCUT2D eigenvalue weighted by Gasteiger charge is 2.05. The summed E-state index contributed by atoms with van der Waals surface area (Å²) in [5, 5.41) is 13.9. The Morgan fingerprint density at radius 1 is 1.21 bits per heavy atom. The smallest absolute Gasteiger partial charge is 0.212 e. The summed E-state index contributed by atoms with van der Waals surface area (Å²) in [5.74, 6) is 1.53. The van der Waals surface area contributed by atoms with E-state index in [4.69, 9.17) is 16.3 Å². The summed E-state index contributed by atoms with van der Waals surface area (Å²) in [6, 6.07) is 15.4. The van der Waals surface area contributed by atoms with Crippen LogP contribution in [0, 0.1) is 0 Å². The van der Waals surface area contributed by atoms with Crippen molar-refractivity contribution in [2.75, 3.05) is 7.11 Å². The number of aromatic nitrogens is 3. The lowest BCUT2D eigenvalue weighted by Gasteiger charge is -2.04. The van der Waals surface area contributed by atoms with Gasteiger partial charge in [0.25, 0.3) is 0 Å². The summed E-state index contributed by atoms with van der Waals surface area (Å²) >= 11 is 7.46. The van der Waals surface area contributed by atoms with Crippen molar-refractivity contribution in [3.63, 3.8) is 0 Å². The first-order chi connectivity index (χ1) is 11.8.